The van der Waals surface area contributed by atoms with Crippen LogP contribution >= 0.6 is 0 Å². The number of carbonyl (C=O) groups is 1. The Morgan fingerprint density at radius 1 is 1.10 bits per heavy atom. The smallest absolute Gasteiger partial charge is 0.320 e. The molecule has 0 N–H and O–H groups in total. The second kappa shape index (κ2) is 8.80. The van der Waals surface area contributed by atoms with Gasteiger partial charge in [0.05, 0.1) is 13.2 Å². The van der Waals surface area contributed by atoms with E-state index in [2.05, 4.69) is 41.0 Å². The lowest BCUT2D eigenvalue weighted by Gasteiger charge is -2.34. The first-order chi connectivity index (χ1) is 10.3. The van der Waals surface area contributed by atoms with Gasteiger partial charge in [-0.1, -0.05) is 43.7 Å². The average Bonchev–Trinajstić information content (AvgIpc) is 2.51. The highest BCUT2D eigenvalue weighted by Gasteiger charge is 2.19. The monoisotopic (exact) mass is 290 g/mol. The van der Waals surface area contributed by atoms with Crippen LogP contribution in [0.25, 0.3) is 0 Å². The lowest BCUT2D eigenvalue weighted by molar-refractivity contribution is -0.145. The largest absolute Gasteiger partial charge is 0.465 e. The second-order valence-electron chi connectivity index (χ2n) is 5.61. The topological polar surface area (TPSA) is 32.8 Å². The van der Waals surface area contributed by atoms with Crippen molar-refractivity contribution in [1.82, 2.24) is 9.80 Å². The number of benzene rings is 1. The first kappa shape index (κ1) is 16.0. The third-order valence-corrected chi connectivity index (χ3v) is 3.83. The van der Waals surface area contributed by atoms with Crippen LogP contribution in [0.5, 0.6) is 0 Å². The molecule has 1 aliphatic rings. The van der Waals surface area contributed by atoms with E-state index in [1.54, 1.807) is 0 Å². The van der Waals surface area contributed by atoms with Crippen molar-refractivity contribution in [3.63, 3.8) is 0 Å². The van der Waals surface area contributed by atoms with E-state index in [-0.39, 0.29) is 5.97 Å². The third kappa shape index (κ3) is 5.86. The summed E-state index contributed by atoms with van der Waals surface area (Å²) in [5.41, 5.74) is 1.35. The molecule has 0 bridgehead atoms. The van der Waals surface area contributed by atoms with Crippen LogP contribution in [-0.4, -0.2) is 55.1 Å². The predicted octanol–water partition coefficient (Wildman–Crippen LogP) is 2.15. The molecule has 2 rings (SSSR count). The van der Waals surface area contributed by atoms with Crippen molar-refractivity contribution in [2.24, 2.45) is 0 Å². The number of ether oxygens (including phenoxy) is 1. The average molecular weight is 290 g/mol. The second-order valence-corrected chi connectivity index (χ2v) is 5.61. The van der Waals surface area contributed by atoms with Gasteiger partial charge in [0.2, 0.25) is 0 Å². The van der Waals surface area contributed by atoms with E-state index in [4.69, 9.17) is 4.74 Å². The fraction of sp³-hybridized carbons (Fsp3) is 0.588. The molecule has 1 fully saturated rings. The van der Waals surface area contributed by atoms with Crippen molar-refractivity contribution in [2.75, 3.05) is 39.3 Å². The number of hydrogen-bond acceptors (Lipinski definition) is 4. The fourth-order valence-electron chi connectivity index (χ4n) is 2.51. The Bertz CT molecular complexity index is 414. The molecular formula is C17H26N2O2. The lowest BCUT2D eigenvalue weighted by atomic mass is 10.2. The van der Waals surface area contributed by atoms with Gasteiger partial charge in [0.1, 0.15) is 0 Å². The highest BCUT2D eigenvalue weighted by atomic mass is 16.5. The van der Waals surface area contributed by atoms with Crippen LogP contribution in [0.2, 0.25) is 0 Å². The van der Waals surface area contributed by atoms with E-state index in [1.807, 2.05) is 6.07 Å². The molecule has 0 amide bonds. The molecule has 0 saturated carbocycles. The summed E-state index contributed by atoms with van der Waals surface area (Å²) in [6, 6.07) is 10.5. The van der Waals surface area contributed by atoms with Crippen molar-refractivity contribution < 1.29 is 9.53 Å². The molecule has 0 spiro atoms. The quantitative estimate of drug-likeness (QED) is 0.569. The fourth-order valence-corrected chi connectivity index (χ4v) is 2.51. The Labute approximate surface area is 127 Å². The highest BCUT2D eigenvalue weighted by Crippen LogP contribution is 2.08. The summed E-state index contributed by atoms with van der Waals surface area (Å²) in [5.74, 6) is -0.0834. The molecule has 4 nitrogen and oxygen atoms in total. The zero-order valence-electron chi connectivity index (χ0n) is 13.0. The van der Waals surface area contributed by atoms with Crippen LogP contribution < -0.4 is 0 Å². The lowest BCUT2D eigenvalue weighted by Crippen LogP contribution is -2.47. The van der Waals surface area contributed by atoms with Gasteiger partial charge in [-0.25, -0.2) is 0 Å². The molecule has 4 heteroatoms. The van der Waals surface area contributed by atoms with Crippen LogP contribution in [0.15, 0.2) is 30.3 Å². The SMILES string of the molecule is CCCCOC(=O)CN1CCN(Cc2ccccc2)CC1. The Balaban J connectivity index is 1.65. The molecule has 1 heterocycles. The zero-order valence-corrected chi connectivity index (χ0v) is 13.0. The Kier molecular flexibility index (Phi) is 6.70. The number of rotatable bonds is 7. The maximum atomic E-state index is 11.7. The minimum absolute atomic E-state index is 0.0834. The van der Waals surface area contributed by atoms with Gasteiger partial charge in [0.15, 0.2) is 0 Å². The summed E-state index contributed by atoms with van der Waals surface area (Å²) in [5, 5.41) is 0. The maximum absolute atomic E-state index is 11.7. The highest BCUT2D eigenvalue weighted by molar-refractivity contribution is 5.71. The van der Waals surface area contributed by atoms with Crippen molar-refractivity contribution >= 4 is 5.97 Å². The third-order valence-electron chi connectivity index (χ3n) is 3.83. The van der Waals surface area contributed by atoms with Crippen LogP contribution in [0.1, 0.15) is 25.3 Å². The number of esters is 1. The van der Waals surface area contributed by atoms with Crippen LogP contribution in [0, 0.1) is 0 Å². The Morgan fingerprint density at radius 2 is 1.76 bits per heavy atom. The van der Waals surface area contributed by atoms with E-state index in [1.165, 1.54) is 5.56 Å². The van der Waals surface area contributed by atoms with Crippen LogP contribution in [0.4, 0.5) is 0 Å². The predicted molar refractivity (Wildman–Crippen MR) is 84.0 cm³/mol. The van der Waals surface area contributed by atoms with Gasteiger partial charge >= 0.3 is 5.97 Å². The van der Waals surface area contributed by atoms with Crippen LogP contribution in [0.3, 0.4) is 0 Å². The molecule has 1 aromatic carbocycles. The molecule has 1 aliphatic heterocycles. The number of carbonyl (C=O) groups excluding carboxylic acids is 1. The molecule has 116 valence electrons. The number of nitrogens with zero attached hydrogens (tertiary/aromatic N) is 2. The standard InChI is InChI=1S/C17H26N2O2/c1-2-3-13-21-17(20)15-19-11-9-18(10-12-19)14-16-7-5-4-6-8-16/h4-8H,2-3,9-15H2,1H3. The molecule has 0 atom stereocenters. The minimum atomic E-state index is -0.0834. The van der Waals surface area contributed by atoms with E-state index in [9.17, 15) is 4.79 Å². The van der Waals surface area contributed by atoms with E-state index >= 15 is 0 Å². The molecule has 0 aliphatic carbocycles. The first-order valence-electron chi connectivity index (χ1n) is 7.92. The molecule has 0 radical (unpaired) electrons. The molecular weight excluding hydrogens is 264 g/mol. The normalized spacial score (nSPS) is 16.8. The first-order valence-corrected chi connectivity index (χ1v) is 7.92. The maximum Gasteiger partial charge on any atom is 0.320 e. The van der Waals surface area contributed by atoms with Crippen molar-refractivity contribution in [3.8, 4) is 0 Å². The van der Waals surface area contributed by atoms with E-state index < -0.39 is 0 Å². The van der Waals surface area contributed by atoms with E-state index in [0.29, 0.717) is 13.2 Å². The Hall–Kier alpha value is -1.39. The van der Waals surface area contributed by atoms with Crippen molar-refractivity contribution in [1.29, 1.82) is 0 Å². The summed E-state index contributed by atoms with van der Waals surface area (Å²) in [6.07, 6.45) is 2.02. The van der Waals surface area contributed by atoms with Gasteiger partial charge in [0.25, 0.3) is 0 Å². The van der Waals surface area contributed by atoms with Gasteiger partial charge < -0.3 is 4.74 Å². The molecule has 21 heavy (non-hydrogen) atoms. The van der Waals surface area contributed by atoms with Gasteiger partial charge in [-0.2, -0.15) is 0 Å². The molecule has 0 aromatic heterocycles. The summed E-state index contributed by atoms with van der Waals surface area (Å²) in [7, 11) is 0. The Morgan fingerprint density at radius 3 is 2.43 bits per heavy atom. The number of piperazine rings is 1. The summed E-state index contributed by atoms with van der Waals surface area (Å²) in [4.78, 5) is 16.3. The number of unbranched alkanes of at least 4 members (excludes halogenated alkanes) is 1. The van der Waals surface area contributed by atoms with Gasteiger partial charge in [-0.15, -0.1) is 0 Å². The van der Waals surface area contributed by atoms with Crippen LogP contribution in [-0.2, 0) is 16.1 Å². The minimum Gasteiger partial charge on any atom is -0.465 e. The molecule has 1 aromatic rings. The summed E-state index contributed by atoms with van der Waals surface area (Å²) in [6.45, 7) is 7.99. The summed E-state index contributed by atoms with van der Waals surface area (Å²) < 4.78 is 5.21. The van der Waals surface area contributed by atoms with E-state index in [0.717, 1.165) is 45.6 Å². The van der Waals surface area contributed by atoms with Crippen molar-refractivity contribution in [2.45, 2.75) is 26.3 Å². The van der Waals surface area contributed by atoms with Gasteiger partial charge in [0, 0.05) is 32.7 Å². The molecule has 1 saturated heterocycles. The molecule has 0 unspecified atom stereocenters. The zero-order chi connectivity index (χ0) is 14.9. The van der Waals surface area contributed by atoms with Gasteiger partial charge in [-0.3, -0.25) is 14.6 Å². The summed E-state index contributed by atoms with van der Waals surface area (Å²) >= 11 is 0. The van der Waals surface area contributed by atoms with Gasteiger partial charge in [-0.05, 0) is 12.0 Å². The van der Waals surface area contributed by atoms with Crippen molar-refractivity contribution in [3.05, 3.63) is 35.9 Å². The number of hydrogen-bond donors (Lipinski definition) is 0.